The third-order valence-electron chi connectivity index (χ3n) is 2.85. The first-order valence-corrected chi connectivity index (χ1v) is 6.52. The second kappa shape index (κ2) is 5.89. The van der Waals surface area contributed by atoms with E-state index in [1.54, 1.807) is 6.07 Å². The van der Waals surface area contributed by atoms with Gasteiger partial charge in [-0.25, -0.2) is 0 Å². The van der Waals surface area contributed by atoms with Crippen LogP contribution in [0.2, 0.25) is 0 Å². The summed E-state index contributed by atoms with van der Waals surface area (Å²) in [6, 6.07) is 7.34. The van der Waals surface area contributed by atoms with Crippen molar-refractivity contribution in [1.29, 1.82) is 0 Å². The highest BCUT2D eigenvalue weighted by atomic mass is 16.5. The van der Waals surface area contributed by atoms with Crippen LogP contribution < -0.4 is 10.1 Å². The predicted octanol–water partition coefficient (Wildman–Crippen LogP) is 3.01. The van der Waals surface area contributed by atoms with Crippen molar-refractivity contribution < 1.29 is 13.9 Å². The Hall–Kier alpha value is -1.81. The van der Waals surface area contributed by atoms with E-state index in [2.05, 4.69) is 12.2 Å². The molecule has 2 aromatic rings. The second-order valence-electron chi connectivity index (χ2n) is 4.60. The molecule has 0 spiro atoms. The lowest BCUT2D eigenvalue weighted by molar-refractivity contribution is 0.0989. The largest absolute Gasteiger partial charge is 0.489 e. The monoisotopic (exact) mass is 261 g/mol. The molecule has 1 aromatic carbocycles. The number of likely N-dealkylation sites (N-methyl/N-ethyl adjacent to an activating group) is 1. The fourth-order valence-corrected chi connectivity index (χ4v) is 1.89. The van der Waals surface area contributed by atoms with Crippen molar-refractivity contribution in [3.05, 3.63) is 30.0 Å². The number of ketones is 1. The van der Waals surface area contributed by atoms with Gasteiger partial charge in [-0.05, 0) is 37.7 Å². The first kappa shape index (κ1) is 13.6. The number of nitrogens with one attached hydrogen (secondary N) is 1. The van der Waals surface area contributed by atoms with Gasteiger partial charge in [0, 0.05) is 18.9 Å². The van der Waals surface area contributed by atoms with Crippen LogP contribution in [-0.4, -0.2) is 25.0 Å². The molecular formula is C15H19NO3. The Morgan fingerprint density at radius 1 is 1.42 bits per heavy atom. The molecule has 4 nitrogen and oxygen atoms in total. The van der Waals surface area contributed by atoms with Crippen molar-refractivity contribution in [1.82, 2.24) is 5.32 Å². The van der Waals surface area contributed by atoms with E-state index < -0.39 is 0 Å². The summed E-state index contributed by atoms with van der Waals surface area (Å²) in [5.74, 6) is 1.10. The van der Waals surface area contributed by atoms with Gasteiger partial charge >= 0.3 is 0 Å². The van der Waals surface area contributed by atoms with Gasteiger partial charge in [-0.2, -0.15) is 0 Å². The Morgan fingerprint density at radius 3 is 2.89 bits per heavy atom. The van der Waals surface area contributed by atoms with E-state index in [1.807, 2.05) is 25.1 Å². The Kier molecular flexibility index (Phi) is 4.22. The van der Waals surface area contributed by atoms with Gasteiger partial charge in [-0.15, -0.1) is 0 Å². The number of benzene rings is 1. The van der Waals surface area contributed by atoms with Crippen molar-refractivity contribution >= 4 is 16.8 Å². The molecule has 4 heteroatoms. The summed E-state index contributed by atoms with van der Waals surface area (Å²) in [4.78, 5) is 11.3. The van der Waals surface area contributed by atoms with E-state index in [0.717, 1.165) is 24.2 Å². The Labute approximate surface area is 112 Å². The summed E-state index contributed by atoms with van der Waals surface area (Å²) in [5, 5.41) is 4.12. The fraction of sp³-hybridized carbons (Fsp3) is 0.400. The molecule has 1 N–H and O–H groups in total. The molecular weight excluding hydrogens is 242 g/mol. The van der Waals surface area contributed by atoms with E-state index in [0.29, 0.717) is 11.3 Å². The van der Waals surface area contributed by atoms with E-state index in [1.165, 1.54) is 6.92 Å². The van der Waals surface area contributed by atoms with Crippen LogP contribution in [0.5, 0.6) is 5.75 Å². The van der Waals surface area contributed by atoms with Gasteiger partial charge in [0.05, 0.1) is 0 Å². The van der Waals surface area contributed by atoms with E-state index in [4.69, 9.17) is 9.15 Å². The first-order chi connectivity index (χ1) is 9.10. The van der Waals surface area contributed by atoms with Crippen LogP contribution in [0, 0.1) is 0 Å². The fourth-order valence-electron chi connectivity index (χ4n) is 1.89. The molecule has 0 saturated heterocycles. The highest BCUT2D eigenvalue weighted by molar-refractivity contribution is 5.96. The average molecular weight is 261 g/mol. The number of furan rings is 1. The number of ether oxygens (including phenoxy) is 1. The minimum absolute atomic E-state index is 0.0702. The second-order valence-corrected chi connectivity index (χ2v) is 4.60. The molecule has 0 aliphatic rings. The molecule has 0 bridgehead atoms. The summed E-state index contributed by atoms with van der Waals surface area (Å²) >= 11 is 0. The molecule has 0 fully saturated rings. The highest BCUT2D eigenvalue weighted by Crippen LogP contribution is 2.25. The van der Waals surface area contributed by atoms with E-state index in [9.17, 15) is 4.79 Å². The van der Waals surface area contributed by atoms with Crippen LogP contribution in [0.4, 0.5) is 0 Å². The molecule has 102 valence electrons. The molecule has 1 heterocycles. The van der Waals surface area contributed by atoms with Gasteiger partial charge < -0.3 is 14.5 Å². The third-order valence-corrected chi connectivity index (χ3v) is 2.85. The van der Waals surface area contributed by atoms with Gasteiger partial charge in [-0.3, -0.25) is 4.79 Å². The van der Waals surface area contributed by atoms with Crippen molar-refractivity contribution in [3.63, 3.8) is 0 Å². The van der Waals surface area contributed by atoms with E-state index >= 15 is 0 Å². The predicted molar refractivity (Wildman–Crippen MR) is 74.9 cm³/mol. The SMILES string of the molecule is CCNC[C@H](C)Oc1ccc2oc(C(C)=O)cc2c1. The number of hydrogen-bond acceptors (Lipinski definition) is 4. The third kappa shape index (κ3) is 3.35. The van der Waals surface area contributed by atoms with Crippen molar-refractivity contribution in [2.24, 2.45) is 0 Å². The van der Waals surface area contributed by atoms with Gasteiger partial charge in [0.1, 0.15) is 17.4 Å². The lowest BCUT2D eigenvalue weighted by atomic mass is 10.2. The molecule has 0 amide bonds. The molecule has 0 aliphatic heterocycles. The molecule has 0 unspecified atom stereocenters. The molecule has 0 radical (unpaired) electrons. The highest BCUT2D eigenvalue weighted by Gasteiger charge is 2.09. The van der Waals surface area contributed by atoms with Crippen molar-refractivity contribution in [2.45, 2.75) is 26.9 Å². The summed E-state index contributed by atoms with van der Waals surface area (Å²) in [5.41, 5.74) is 0.705. The molecule has 0 saturated carbocycles. The zero-order valence-electron chi connectivity index (χ0n) is 11.5. The molecule has 1 atom stereocenters. The Morgan fingerprint density at radius 2 is 2.21 bits per heavy atom. The lowest BCUT2D eigenvalue weighted by Gasteiger charge is -2.14. The number of carbonyl (C=O) groups is 1. The van der Waals surface area contributed by atoms with Gasteiger partial charge in [0.25, 0.3) is 0 Å². The summed E-state index contributed by atoms with van der Waals surface area (Å²) < 4.78 is 11.2. The minimum Gasteiger partial charge on any atom is -0.489 e. The van der Waals surface area contributed by atoms with Crippen LogP contribution in [0.3, 0.4) is 0 Å². The van der Waals surface area contributed by atoms with Crippen LogP contribution in [0.15, 0.2) is 28.7 Å². The van der Waals surface area contributed by atoms with Crippen LogP contribution in [0.1, 0.15) is 31.3 Å². The molecule has 0 aliphatic carbocycles. The lowest BCUT2D eigenvalue weighted by Crippen LogP contribution is -2.28. The van der Waals surface area contributed by atoms with Crippen LogP contribution >= 0.6 is 0 Å². The van der Waals surface area contributed by atoms with Crippen molar-refractivity contribution in [3.8, 4) is 5.75 Å². The molecule has 19 heavy (non-hydrogen) atoms. The number of hydrogen-bond donors (Lipinski definition) is 1. The minimum atomic E-state index is -0.0702. The quantitative estimate of drug-likeness (QED) is 0.812. The normalized spacial score (nSPS) is 12.6. The average Bonchev–Trinajstić information content (AvgIpc) is 2.79. The molecule has 2 rings (SSSR count). The van der Waals surface area contributed by atoms with Crippen LogP contribution in [0.25, 0.3) is 11.0 Å². The maximum atomic E-state index is 11.3. The number of Topliss-reactive ketones (excluding diaryl/α,β-unsaturated/α-hetero) is 1. The van der Waals surface area contributed by atoms with Gasteiger partial charge in [0.2, 0.25) is 0 Å². The van der Waals surface area contributed by atoms with Gasteiger partial charge in [0.15, 0.2) is 11.5 Å². The van der Waals surface area contributed by atoms with Gasteiger partial charge in [-0.1, -0.05) is 6.92 Å². The number of fused-ring (bicyclic) bond motifs is 1. The smallest absolute Gasteiger partial charge is 0.194 e. The molecule has 1 aromatic heterocycles. The maximum absolute atomic E-state index is 11.3. The zero-order valence-corrected chi connectivity index (χ0v) is 11.5. The van der Waals surface area contributed by atoms with Crippen LogP contribution in [-0.2, 0) is 0 Å². The summed E-state index contributed by atoms with van der Waals surface area (Å²) in [7, 11) is 0. The van der Waals surface area contributed by atoms with E-state index in [-0.39, 0.29) is 11.9 Å². The van der Waals surface area contributed by atoms with Crippen molar-refractivity contribution in [2.75, 3.05) is 13.1 Å². The Bertz CT molecular complexity index is 574. The Balaban J connectivity index is 2.14. The number of carbonyl (C=O) groups excluding carboxylic acids is 1. The summed E-state index contributed by atoms with van der Waals surface area (Å²) in [6.07, 6.45) is 0.0941. The topological polar surface area (TPSA) is 51.5 Å². The standard InChI is InChI=1S/C15H19NO3/c1-4-16-9-10(2)18-13-5-6-14-12(7-13)8-15(19-14)11(3)17/h5-8,10,16H,4,9H2,1-3H3/t10-/m0/s1. The zero-order chi connectivity index (χ0) is 13.8. The first-order valence-electron chi connectivity index (χ1n) is 6.52. The summed E-state index contributed by atoms with van der Waals surface area (Å²) in [6.45, 7) is 7.30. The maximum Gasteiger partial charge on any atom is 0.194 e. The number of rotatable bonds is 6.